The molecule has 0 aromatic carbocycles. The molecule has 2 rings (SSSR count). The van der Waals surface area contributed by atoms with Gasteiger partial charge in [-0.2, -0.15) is 21.3 Å². The molecule has 2 aromatic rings. The van der Waals surface area contributed by atoms with Crippen molar-refractivity contribution in [3.8, 4) is 0 Å². The standard InChI is InChI=1S/C7H8N4OS/c1-13-4-5-9-7-8-3-2-6(12)11(7)10-5/h2-3H,4H2,1H3,(H,8,9,10). The summed E-state index contributed by atoms with van der Waals surface area (Å²) in [6.45, 7) is 0. The fraction of sp³-hybridized carbons (Fsp3) is 0.286. The summed E-state index contributed by atoms with van der Waals surface area (Å²) in [6.07, 6.45) is 3.44. The maximum absolute atomic E-state index is 11.2. The first-order valence-electron chi connectivity index (χ1n) is 3.73. The van der Waals surface area contributed by atoms with Gasteiger partial charge in [0.1, 0.15) is 5.82 Å². The Morgan fingerprint density at radius 1 is 1.69 bits per heavy atom. The lowest BCUT2D eigenvalue weighted by molar-refractivity contribution is 0.877. The molecule has 0 aliphatic rings. The van der Waals surface area contributed by atoms with E-state index in [4.69, 9.17) is 0 Å². The van der Waals surface area contributed by atoms with Crippen LogP contribution in [0.1, 0.15) is 5.82 Å². The monoisotopic (exact) mass is 196 g/mol. The molecule has 1 N–H and O–H groups in total. The normalized spacial score (nSPS) is 10.8. The third-order valence-corrected chi connectivity index (χ3v) is 2.15. The van der Waals surface area contributed by atoms with E-state index in [0.29, 0.717) is 5.78 Å². The largest absolute Gasteiger partial charge is 0.274 e. The van der Waals surface area contributed by atoms with Crippen LogP contribution in [0.4, 0.5) is 0 Å². The first-order chi connectivity index (χ1) is 6.31. The van der Waals surface area contributed by atoms with Gasteiger partial charge in [-0.1, -0.05) is 0 Å². The molecule has 2 heterocycles. The predicted octanol–water partition coefficient (Wildman–Crippen LogP) is 0.281. The Hall–Kier alpha value is -1.30. The van der Waals surface area contributed by atoms with Crippen molar-refractivity contribution in [1.29, 1.82) is 0 Å². The zero-order valence-corrected chi connectivity index (χ0v) is 7.84. The average molecular weight is 196 g/mol. The summed E-state index contributed by atoms with van der Waals surface area (Å²) in [5, 5.41) is 2.87. The number of hydrogen-bond donors (Lipinski definition) is 1. The van der Waals surface area contributed by atoms with Gasteiger partial charge in [0.25, 0.3) is 11.3 Å². The first-order valence-corrected chi connectivity index (χ1v) is 5.12. The molecule has 2 aromatic heterocycles. The van der Waals surface area contributed by atoms with E-state index in [2.05, 4.69) is 15.1 Å². The topological polar surface area (TPSA) is 63.1 Å². The number of H-pyrrole nitrogens is 1. The Balaban J connectivity index is 2.62. The van der Waals surface area contributed by atoms with E-state index in [9.17, 15) is 4.79 Å². The van der Waals surface area contributed by atoms with E-state index in [1.165, 1.54) is 16.8 Å². The number of nitrogens with one attached hydrogen (secondary N) is 1. The van der Waals surface area contributed by atoms with Gasteiger partial charge in [-0.05, 0) is 6.26 Å². The Kier molecular flexibility index (Phi) is 2.05. The lowest BCUT2D eigenvalue weighted by Crippen LogP contribution is -2.12. The molecule has 0 spiro atoms. The van der Waals surface area contributed by atoms with Crippen LogP contribution in [0.15, 0.2) is 17.1 Å². The summed E-state index contributed by atoms with van der Waals surface area (Å²) in [4.78, 5) is 19.3. The lowest BCUT2D eigenvalue weighted by Gasteiger charge is -1.87. The second-order valence-corrected chi connectivity index (χ2v) is 3.39. The maximum Gasteiger partial charge on any atom is 0.273 e. The van der Waals surface area contributed by atoms with Crippen LogP contribution in [-0.4, -0.2) is 25.8 Å². The highest BCUT2D eigenvalue weighted by Gasteiger charge is 2.02. The first kappa shape index (κ1) is 8.31. The summed E-state index contributed by atoms with van der Waals surface area (Å²) in [5.41, 5.74) is -0.134. The fourth-order valence-electron chi connectivity index (χ4n) is 1.06. The van der Waals surface area contributed by atoms with E-state index in [1.807, 2.05) is 6.26 Å². The second-order valence-electron chi connectivity index (χ2n) is 2.52. The molecule has 0 aliphatic carbocycles. The zero-order chi connectivity index (χ0) is 9.26. The molecule has 0 saturated heterocycles. The van der Waals surface area contributed by atoms with Crippen molar-refractivity contribution in [2.24, 2.45) is 0 Å². The SMILES string of the molecule is CSCc1nc2nccc(=O)n2[nH]1. The van der Waals surface area contributed by atoms with Crippen LogP contribution < -0.4 is 5.56 Å². The summed E-state index contributed by atoms with van der Waals surface area (Å²) in [6, 6.07) is 1.40. The fourth-order valence-corrected chi connectivity index (χ4v) is 1.46. The van der Waals surface area contributed by atoms with Crippen LogP contribution in [0.2, 0.25) is 0 Å². The average Bonchev–Trinajstić information content (AvgIpc) is 2.49. The highest BCUT2D eigenvalue weighted by atomic mass is 32.2. The molecule has 6 heteroatoms. The van der Waals surface area contributed by atoms with E-state index in [1.54, 1.807) is 11.8 Å². The van der Waals surface area contributed by atoms with Gasteiger partial charge in [0.05, 0.1) is 5.75 Å². The maximum atomic E-state index is 11.2. The zero-order valence-electron chi connectivity index (χ0n) is 7.02. The number of aromatic nitrogens is 4. The summed E-state index contributed by atoms with van der Waals surface area (Å²) >= 11 is 1.64. The summed E-state index contributed by atoms with van der Waals surface area (Å²) in [7, 11) is 0. The van der Waals surface area contributed by atoms with Crippen LogP contribution in [0.5, 0.6) is 0 Å². The van der Waals surface area contributed by atoms with Gasteiger partial charge >= 0.3 is 0 Å². The number of aromatic amines is 1. The molecular weight excluding hydrogens is 188 g/mol. The van der Waals surface area contributed by atoms with Crippen LogP contribution in [0.3, 0.4) is 0 Å². The summed E-state index contributed by atoms with van der Waals surface area (Å²) < 4.78 is 1.34. The molecule has 0 radical (unpaired) electrons. The number of fused-ring (bicyclic) bond motifs is 1. The van der Waals surface area contributed by atoms with Crippen molar-refractivity contribution in [1.82, 2.24) is 19.6 Å². The second kappa shape index (κ2) is 3.21. The third-order valence-electron chi connectivity index (χ3n) is 1.58. The number of nitrogens with zero attached hydrogens (tertiary/aromatic N) is 3. The minimum Gasteiger partial charge on any atom is -0.274 e. The molecule has 0 atom stereocenters. The Morgan fingerprint density at radius 2 is 2.54 bits per heavy atom. The van der Waals surface area contributed by atoms with Crippen LogP contribution >= 0.6 is 11.8 Å². The molecule has 0 aliphatic heterocycles. The highest BCUT2D eigenvalue weighted by Crippen LogP contribution is 2.03. The van der Waals surface area contributed by atoms with E-state index in [-0.39, 0.29) is 5.56 Å². The van der Waals surface area contributed by atoms with Crippen molar-refractivity contribution in [2.75, 3.05) is 6.26 Å². The minimum absolute atomic E-state index is 0.134. The number of rotatable bonds is 2. The van der Waals surface area contributed by atoms with Crippen molar-refractivity contribution in [2.45, 2.75) is 5.75 Å². The molecule has 0 bridgehead atoms. The quantitative estimate of drug-likeness (QED) is 0.749. The Morgan fingerprint density at radius 3 is 3.23 bits per heavy atom. The number of thioether (sulfide) groups is 1. The molecule has 5 nitrogen and oxygen atoms in total. The van der Waals surface area contributed by atoms with Crippen molar-refractivity contribution in [3.05, 3.63) is 28.4 Å². The van der Waals surface area contributed by atoms with E-state index < -0.39 is 0 Å². The van der Waals surface area contributed by atoms with Gasteiger partial charge in [-0.25, -0.2) is 4.98 Å². The smallest absolute Gasteiger partial charge is 0.273 e. The molecule has 0 unspecified atom stereocenters. The minimum atomic E-state index is -0.134. The van der Waals surface area contributed by atoms with Gasteiger partial charge in [0, 0.05) is 12.3 Å². The van der Waals surface area contributed by atoms with Crippen LogP contribution in [0.25, 0.3) is 5.78 Å². The summed E-state index contributed by atoms with van der Waals surface area (Å²) in [5.74, 6) is 1.95. The molecular formula is C7H8N4OS. The van der Waals surface area contributed by atoms with Crippen molar-refractivity contribution >= 4 is 17.5 Å². The molecule has 68 valence electrons. The highest BCUT2D eigenvalue weighted by molar-refractivity contribution is 7.97. The van der Waals surface area contributed by atoms with Gasteiger partial charge in [0.15, 0.2) is 0 Å². The number of hydrogen-bond acceptors (Lipinski definition) is 4. The van der Waals surface area contributed by atoms with Gasteiger partial charge < -0.3 is 0 Å². The van der Waals surface area contributed by atoms with Gasteiger partial charge in [0.2, 0.25) is 0 Å². The molecule has 0 amide bonds. The Bertz CT molecular complexity index is 475. The van der Waals surface area contributed by atoms with Crippen LogP contribution in [-0.2, 0) is 5.75 Å². The predicted molar refractivity (Wildman–Crippen MR) is 50.8 cm³/mol. The van der Waals surface area contributed by atoms with Crippen LogP contribution in [0, 0.1) is 0 Å². The van der Waals surface area contributed by atoms with E-state index in [0.717, 1.165) is 11.6 Å². The van der Waals surface area contributed by atoms with Crippen molar-refractivity contribution < 1.29 is 0 Å². The molecule has 13 heavy (non-hydrogen) atoms. The lowest BCUT2D eigenvalue weighted by atomic mass is 10.7. The van der Waals surface area contributed by atoms with E-state index >= 15 is 0 Å². The molecule has 0 saturated carbocycles. The molecule has 0 fully saturated rings. The third kappa shape index (κ3) is 1.44. The van der Waals surface area contributed by atoms with Gasteiger partial charge in [-0.15, -0.1) is 0 Å². The van der Waals surface area contributed by atoms with Crippen molar-refractivity contribution in [3.63, 3.8) is 0 Å². The Labute approximate surface area is 78.2 Å². The van der Waals surface area contributed by atoms with Gasteiger partial charge in [-0.3, -0.25) is 9.89 Å².